The molecule has 1 N–H and O–H groups in total. The second-order valence-corrected chi connectivity index (χ2v) is 7.26. The number of hydrogen-bond acceptors (Lipinski definition) is 1. The number of allylic oxidation sites excluding steroid dienone is 2. The number of benzene rings is 2. The van der Waals surface area contributed by atoms with Gasteiger partial charge in [-0.25, -0.2) is 0 Å². The predicted octanol–water partition coefficient (Wildman–Crippen LogP) is 4.68. The molecule has 2 aromatic rings. The van der Waals surface area contributed by atoms with Gasteiger partial charge in [0.25, 0.3) is 0 Å². The van der Waals surface area contributed by atoms with E-state index in [9.17, 15) is 9.46 Å². The van der Waals surface area contributed by atoms with Crippen molar-refractivity contribution in [2.45, 2.75) is 0 Å². The molecule has 0 fully saturated rings. The highest BCUT2D eigenvalue weighted by Crippen LogP contribution is 2.40. The van der Waals surface area contributed by atoms with Crippen molar-refractivity contribution in [1.29, 1.82) is 0 Å². The van der Waals surface area contributed by atoms with Crippen LogP contribution in [-0.2, 0) is 4.57 Å². The average molecular weight is 298 g/mol. The summed E-state index contributed by atoms with van der Waals surface area (Å²) in [4.78, 5) is 9.92. The molecule has 0 heterocycles. The van der Waals surface area contributed by atoms with Gasteiger partial charge in [-0.1, -0.05) is 85.0 Å². The highest BCUT2D eigenvalue weighted by Gasteiger charge is 2.13. The second-order valence-electron chi connectivity index (χ2n) is 4.84. The first kappa shape index (κ1) is 15.5. The van der Waals surface area contributed by atoms with Gasteiger partial charge in [-0.2, -0.15) is 0 Å². The van der Waals surface area contributed by atoms with Crippen molar-refractivity contribution in [2.24, 2.45) is 0 Å². The molecule has 2 rings (SSSR count). The second kappa shape index (κ2) is 7.78. The molecular weight excluding hydrogens is 279 g/mol. The van der Waals surface area contributed by atoms with E-state index in [0.717, 1.165) is 11.1 Å². The quantitative estimate of drug-likeness (QED) is 0.786. The summed E-state index contributed by atoms with van der Waals surface area (Å²) in [6.45, 7) is 0. The predicted molar refractivity (Wildman–Crippen MR) is 90.5 cm³/mol. The third-order valence-electron chi connectivity index (χ3n) is 3.00. The average Bonchev–Trinajstić information content (AvgIpc) is 2.49. The molecule has 0 bridgehead atoms. The summed E-state index contributed by atoms with van der Waals surface area (Å²) < 4.78 is 12.0. The van der Waals surface area contributed by atoms with Crippen LogP contribution in [0.3, 0.4) is 0 Å². The molecule has 0 aliphatic rings. The van der Waals surface area contributed by atoms with Crippen LogP contribution in [0.25, 0.3) is 12.2 Å². The molecule has 108 valence electrons. The van der Waals surface area contributed by atoms with E-state index in [2.05, 4.69) is 0 Å². The van der Waals surface area contributed by atoms with Gasteiger partial charge in [-0.05, 0) is 11.1 Å². The van der Waals surface area contributed by atoms with Crippen LogP contribution < -0.4 is 0 Å². The van der Waals surface area contributed by atoms with Gasteiger partial charge in [0, 0.05) is 12.3 Å². The summed E-state index contributed by atoms with van der Waals surface area (Å²) in [5, 5.41) is 0. The van der Waals surface area contributed by atoms with Crippen molar-refractivity contribution in [3.63, 3.8) is 0 Å². The Bertz CT molecular complexity index is 590. The Labute approximate surface area is 125 Å². The Balaban J connectivity index is 1.86. The Morgan fingerprint density at radius 1 is 0.762 bits per heavy atom. The first-order valence-corrected chi connectivity index (χ1v) is 8.93. The van der Waals surface area contributed by atoms with Crippen molar-refractivity contribution in [1.82, 2.24) is 0 Å². The molecule has 0 amide bonds. The molecule has 0 saturated carbocycles. The molecule has 3 heteroatoms. The maximum atomic E-state index is 12.0. The molecule has 0 saturated heterocycles. The van der Waals surface area contributed by atoms with Gasteiger partial charge in [-0.15, -0.1) is 0 Å². The summed E-state index contributed by atoms with van der Waals surface area (Å²) in [7, 11) is -3.14. The maximum absolute atomic E-state index is 12.0. The summed E-state index contributed by atoms with van der Waals surface area (Å²) >= 11 is 0. The highest BCUT2D eigenvalue weighted by atomic mass is 31.2. The van der Waals surface area contributed by atoms with Crippen LogP contribution in [0.1, 0.15) is 11.1 Å². The fourth-order valence-electron chi connectivity index (χ4n) is 1.91. The number of hydrogen-bond donors (Lipinski definition) is 1. The first-order valence-electron chi connectivity index (χ1n) is 6.90. The lowest BCUT2D eigenvalue weighted by Gasteiger charge is -2.05. The highest BCUT2D eigenvalue weighted by molar-refractivity contribution is 7.58. The van der Waals surface area contributed by atoms with Crippen LogP contribution in [0.15, 0.2) is 72.8 Å². The standard InChI is InChI=1S/C18H19O2P/c19-21(20,15-7-13-17-9-3-1-4-10-17)16-8-14-18-11-5-2-6-12-18/h1-14H,15-16H2,(H,19,20)/b13-7+,14-8+. The molecule has 0 aliphatic heterocycles. The zero-order valence-corrected chi connectivity index (χ0v) is 12.7. The zero-order chi connectivity index (χ0) is 15.0. The van der Waals surface area contributed by atoms with Crippen molar-refractivity contribution in [3.8, 4) is 0 Å². The molecule has 0 spiro atoms. The van der Waals surface area contributed by atoms with Crippen LogP contribution in [0, 0.1) is 0 Å². The summed E-state index contributed by atoms with van der Waals surface area (Å²) in [5.41, 5.74) is 2.08. The van der Waals surface area contributed by atoms with Crippen molar-refractivity contribution >= 4 is 19.5 Å². The van der Waals surface area contributed by atoms with Crippen LogP contribution in [-0.4, -0.2) is 17.2 Å². The molecule has 0 aromatic heterocycles. The van der Waals surface area contributed by atoms with Crippen molar-refractivity contribution in [3.05, 3.63) is 83.9 Å². The molecule has 2 nitrogen and oxygen atoms in total. The Kier molecular flexibility index (Phi) is 5.74. The molecule has 0 aliphatic carbocycles. The van der Waals surface area contributed by atoms with E-state index in [1.54, 1.807) is 12.2 Å². The van der Waals surface area contributed by atoms with E-state index < -0.39 is 7.37 Å². The fraction of sp³-hybridized carbons (Fsp3) is 0.111. The van der Waals surface area contributed by atoms with E-state index >= 15 is 0 Å². The summed E-state index contributed by atoms with van der Waals surface area (Å²) in [5.74, 6) is 0. The SMILES string of the molecule is O=P(O)(C/C=C/c1ccccc1)C/C=C/c1ccccc1. The topological polar surface area (TPSA) is 37.3 Å². The Hall–Kier alpha value is -1.89. The van der Waals surface area contributed by atoms with Crippen LogP contribution >= 0.6 is 7.37 Å². The van der Waals surface area contributed by atoms with Crippen LogP contribution in [0.4, 0.5) is 0 Å². The van der Waals surface area contributed by atoms with E-state index in [1.807, 2.05) is 72.8 Å². The van der Waals surface area contributed by atoms with Crippen molar-refractivity contribution < 1.29 is 9.46 Å². The van der Waals surface area contributed by atoms with Gasteiger partial charge in [-0.3, -0.25) is 4.57 Å². The normalized spacial score (nSPS) is 12.2. The lowest BCUT2D eigenvalue weighted by molar-refractivity contribution is 0.485. The fourth-order valence-corrected chi connectivity index (χ4v) is 2.93. The third kappa shape index (κ3) is 5.95. The minimum absolute atomic E-state index is 0.195. The van der Waals surface area contributed by atoms with Crippen molar-refractivity contribution in [2.75, 3.05) is 12.3 Å². The molecule has 0 unspecified atom stereocenters. The molecule has 0 atom stereocenters. The van der Waals surface area contributed by atoms with E-state index in [4.69, 9.17) is 0 Å². The van der Waals surface area contributed by atoms with Gasteiger partial charge in [0.2, 0.25) is 7.37 Å². The Morgan fingerprint density at radius 3 is 1.52 bits per heavy atom. The zero-order valence-electron chi connectivity index (χ0n) is 11.8. The Morgan fingerprint density at radius 2 is 1.14 bits per heavy atom. The smallest absolute Gasteiger partial charge is 0.207 e. The van der Waals surface area contributed by atoms with E-state index in [-0.39, 0.29) is 12.3 Å². The van der Waals surface area contributed by atoms with Gasteiger partial charge < -0.3 is 4.89 Å². The van der Waals surface area contributed by atoms with Gasteiger partial charge >= 0.3 is 0 Å². The number of rotatable bonds is 6. The third-order valence-corrected chi connectivity index (χ3v) is 4.56. The molecule has 0 radical (unpaired) electrons. The lowest BCUT2D eigenvalue weighted by Crippen LogP contribution is -1.89. The monoisotopic (exact) mass is 298 g/mol. The summed E-state index contributed by atoms with van der Waals surface area (Å²) in [6.07, 6.45) is 7.69. The molecule has 2 aromatic carbocycles. The van der Waals surface area contributed by atoms with E-state index in [1.165, 1.54) is 0 Å². The van der Waals surface area contributed by atoms with E-state index in [0.29, 0.717) is 0 Å². The van der Waals surface area contributed by atoms with Crippen LogP contribution in [0.2, 0.25) is 0 Å². The minimum atomic E-state index is -3.14. The first-order chi connectivity index (χ1) is 10.2. The van der Waals surface area contributed by atoms with Gasteiger partial charge in [0.05, 0.1) is 0 Å². The van der Waals surface area contributed by atoms with Gasteiger partial charge in [0.1, 0.15) is 0 Å². The minimum Gasteiger partial charge on any atom is -0.344 e. The summed E-state index contributed by atoms with van der Waals surface area (Å²) in [6, 6.07) is 19.5. The lowest BCUT2D eigenvalue weighted by atomic mass is 10.2. The largest absolute Gasteiger partial charge is 0.344 e. The molecule has 21 heavy (non-hydrogen) atoms. The van der Waals surface area contributed by atoms with Crippen LogP contribution in [0.5, 0.6) is 0 Å². The maximum Gasteiger partial charge on any atom is 0.207 e. The van der Waals surface area contributed by atoms with Gasteiger partial charge in [0.15, 0.2) is 0 Å². The molecular formula is C18H19O2P.